The van der Waals surface area contributed by atoms with E-state index in [9.17, 15) is 27.6 Å². The Morgan fingerprint density at radius 3 is 2.32 bits per heavy atom. The summed E-state index contributed by atoms with van der Waals surface area (Å²) >= 11 is 9.03. The lowest BCUT2D eigenvalue weighted by atomic mass is 9.99. The maximum atomic E-state index is 13.3. The number of thioether (sulfide) groups is 1. The van der Waals surface area contributed by atoms with Crippen molar-refractivity contribution in [1.29, 1.82) is 0 Å². The van der Waals surface area contributed by atoms with Crippen LogP contribution in [-0.4, -0.2) is 104 Å². The molecule has 68 heavy (non-hydrogen) atoms. The number of hydrogen-bond acceptors (Lipinski definition) is 13. The molecule has 354 valence electrons. The number of nitrogens with one attached hydrogen (secondary N) is 3. The number of thiophene rings is 1. The van der Waals surface area contributed by atoms with E-state index in [1.807, 2.05) is 60.0 Å². The third kappa shape index (κ3) is 11.3. The van der Waals surface area contributed by atoms with Gasteiger partial charge in [-0.15, -0.1) is 34.7 Å². The van der Waals surface area contributed by atoms with Crippen LogP contribution in [0, 0.1) is 20.8 Å². The fourth-order valence-electron chi connectivity index (χ4n) is 7.43. The molecule has 3 amide bonds. The Balaban J connectivity index is 0.762. The van der Waals surface area contributed by atoms with Gasteiger partial charge in [0.15, 0.2) is 11.0 Å². The van der Waals surface area contributed by atoms with E-state index < -0.39 is 24.1 Å². The Labute approximate surface area is 400 Å². The van der Waals surface area contributed by atoms with Gasteiger partial charge in [0, 0.05) is 39.5 Å². The van der Waals surface area contributed by atoms with Crippen molar-refractivity contribution in [1.82, 2.24) is 45.3 Å². The molecule has 0 fully saturated rings. The Morgan fingerprint density at radius 1 is 0.868 bits per heavy atom. The minimum atomic E-state index is -4.97. The zero-order valence-corrected chi connectivity index (χ0v) is 39.2. The van der Waals surface area contributed by atoms with Gasteiger partial charge < -0.3 is 30.2 Å². The number of alkyl halides is 3. The smallest absolute Gasteiger partial charge is 0.405 e. The SMILES string of the molecule is Cc1sc2c(c1C)C(c1ccc(Cl)cc1)=NC(CC(=O)NCCOCCOCCNC(=O)CSc1nc3ccccc3c3cc(CNC(=O)c4ccccc4OC(F)(F)F)nn13)c1nnc(C)n1-2. The van der Waals surface area contributed by atoms with Crippen molar-refractivity contribution in [3.05, 3.63) is 128 Å². The summed E-state index contributed by atoms with van der Waals surface area (Å²) in [4.78, 5) is 50.0. The summed E-state index contributed by atoms with van der Waals surface area (Å²) in [7, 11) is 0. The van der Waals surface area contributed by atoms with Gasteiger partial charge in [-0.05, 0) is 62.7 Å². The minimum absolute atomic E-state index is 0.0162. The first-order valence-corrected chi connectivity index (χ1v) is 23.5. The van der Waals surface area contributed by atoms with Crippen LogP contribution in [0.2, 0.25) is 5.02 Å². The van der Waals surface area contributed by atoms with E-state index in [-0.39, 0.29) is 75.6 Å². The van der Waals surface area contributed by atoms with Crippen LogP contribution in [-0.2, 0) is 25.6 Å². The first-order chi connectivity index (χ1) is 32.7. The van der Waals surface area contributed by atoms with Gasteiger partial charge in [-0.3, -0.25) is 23.9 Å². The molecule has 1 aliphatic rings. The highest BCUT2D eigenvalue weighted by Crippen LogP contribution is 2.40. The maximum absolute atomic E-state index is 13.3. The summed E-state index contributed by atoms with van der Waals surface area (Å²) in [5.41, 5.74) is 5.21. The van der Waals surface area contributed by atoms with Crippen molar-refractivity contribution in [2.45, 2.75) is 51.3 Å². The molecule has 8 rings (SSSR count). The van der Waals surface area contributed by atoms with Crippen LogP contribution in [0.5, 0.6) is 5.75 Å². The predicted molar refractivity (Wildman–Crippen MR) is 251 cm³/mol. The van der Waals surface area contributed by atoms with Crippen molar-refractivity contribution < 1.29 is 41.8 Å². The van der Waals surface area contributed by atoms with Crippen molar-refractivity contribution in [2.75, 3.05) is 45.3 Å². The number of carbonyl (C=O) groups is 3. The molecule has 0 saturated heterocycles. The molecule has 22 heteroatoms. The molecule has 0 aliphatic carbocycles. The van der Waals surface area contributed by atoms with Crippen molar-refractivity contribution in [3.8, 4) is 10.8 Å². The highest BCUT2D eigenvalue weighted by atomic mass is 35.5. The fourth-order valence-corrected chi connectivity index (χ4v) is 9.55. The number of aliphatic imine (C=N–C) groups is 1. The zero-order chi connectivity index (χ0) is 48.0. The van der Waals surface area contributed by atoms with Gasteiger partial charge in [0.1, 0.15) is 22.6 Å². The second kappa shape index (κ2) is 21.3. The molecule has 3 N–H and O–H groups in total. The van der Waals surface area contributed by atoms with Gasteiger partial charge in [0.25, 0.3) is 5.91 Å². The van der Waals surface area contributed by atoms with Crippen molar-refractivity contribution in [2.24, 2.45) is 4.99 Å². The van der Waals surface area contributed by atoms with E-state index in [2.05, 4.69) is 49.8 Å². The minimum Gasteiger partial charge on any atom is -0.405 e. The molecule has 7 aromatic rings. The highest BCUT2D eigenvalue weighted by Gasteiger charge is 2.34. The zero-order valence-electron chi connectivity index (χ0n) is 36.9. The van der Waals surface area contributed by atoms with Crippen LogP contribution in [0.25, 0.3) is 21.4 Å². The van der Waals surface area contributed by atoms with Crippen molar-refractivity contribution in [3.63, 3.8) is 0 Å². The second-order valence-electron chi connectivity index (χ2n) is 15.4. The third-order valence-corrected chi connectivity index (χ3v) is 13.1. The summed E-state index contributed by atoms with van der Waals surface area (Å²) in [6.45, 7) is 7.52. The lowest BCUT2D eigenvalue weighted by Crippen LogP contribution is -2.30. The predicted octanol–water partition coefficient (Wildman–Crippen LogP) is 7.27. The molecule has 1 unspecified atom stereocenters. The normalized spacial score (nSPS) is 13.5. The first-order valence-electron chi connectivity index (χ1n) is 21.3. The number of benzene rings is 3. The van der Waals surface area contributed by atoms with E-state index in [1.165, 1.54) is 18.2 Å². The Bertz CT molecular complexity index is 3010. The quantitative estimate of drug-likeness (QED) is 0.0420. The van der Waals surface area contributed by atoms with E-state index in [1.54, 1.807) is 21.9 Å². The van der Waals surface area contributed by atoms with Crippen LogP contribution < -0.4 is 20.7 Å². The highest BCUT2D eigenvalue weighted by molar-refractivity contribution is 7.99. The number of aryl methyl sites for hydroxylation is 2. The van der Waals surface area contributed by atoms with E-state index in [4.69, 9.17) is 31.1 Å². The molecule has 3 aromatic carbocycles. The average Bonchev–Trinajstić information content (AvgIpc) is 3.98. The molecule has 4 aromatic heterocycles. The van der Waals surface area contributed by atoms with Gasteiger partial charge in [-0.2, -0.15) is 5.10 Å². The average molecular weight is 990 g/mol. The summed E-state index contributed by atoms with van der Waals surface area (Å²) in [5.74, 6) is -0.553. The Hall–Kier alpha value is -6.39. The molecule has 5 heterocycles. The van der Waals surface area contributed by atoms with Crippen LogP contribution in [0.3, 0.4) is 0 Å². The topological polar surface area (TPSA) is 188 Å². The molecule has 0 radical (unpaired) electrons. The second-order valence-corrected chi connectivity index (χ2v) is 18.0. The molecule has 1 aliphatic heterocycles. The summed E-state index contributed by atoms with van der Waals surface area (Å²) < 4.78 is 57.7. The molecular formula is C46H44ClF3N10O6S2. The van der Waals surface area contributed by atoms with Crippen LogP contribution >= 0.6 is 34.7 Å². The number of nitrogens with zero attached hydrogens (tertiary/aromatic N) is 7. The van der Waals surface area contributed by atoms with Crippen molar-refractivity contribution >= 4 is 74.6 Å². The monoisotopic (exact) mass is 988 g/mol. The van der Waals surface area contributed by atoms with Gasteiger partial charge in [0.2, 0.25) is 11.8 Å². The third-order valence-electron chi connectivity index (χ3n) is 10.7. The van der Waals surface area contributed by atoms with Crippen LogP contribution in [0.15, 0.2) is 89.0 Å². The van der Waals surface area contributed by atoms with E-state index >= 15 is 0 Å². The molecule has 1 atom stereocenters. The molecule has 0 bridgehead atoms. The number of para-hydroxylation sites is 2. The summed E-state index contributed by atoms with van der Waals surface area (Å²) in [6, 6.07) is 21.1. The standard InChI is InChI=1S/C46H44ClF3N10O6S2/c1-26-27(2)68-44-40(26)41(29-12-14-30(47)15-13-29)54-35(42-57-56-28(3)59(42)44)23-38(61)51-16-18-64-20-21-65-19-17-52-39(62)25-67-45-55-34-10-6-4-8-32(34)36-22-31(58-60(36)45)24-53-43(63)33-9-5-7-11-37(33)66-46(48,49)50/h4-15,22,35H,16-21,23-25H2,1-3H3,(H,51,61)(H,52,62)(H,53,63). The molecule has 0 saturated carbocycles. The number of ether oxygens (including phenoxy) is 3. The molecule has 0 spiro atoms. The summed E-state index contributed by atoms with van der Waals surface area (Å²) in [6.07, 6.45) is -4.91. The number of halogens is 4. The van der Waals surface area contributed by atoms with Gasteiger partial charge >= 0.3 is 6.36 Å². The number of carbonyl (C=O) groups excluding carboxylic acids is 3. The fraction of sp³-hybridized carbons (Fsp3) is 0.304. The Kier molecular flexibility index (Phi) is 15.0. The largest absolute Gasteiger partial charge is 0.573 e. The van der Waals surface area contributed by atoms with E-state index in [0.717, 1.165) is 55.5 Å². The number of hydrogen-bond donors (Lipinski definition) is 3. The number of aromatic nitrogens is 6. The molecular weight excluding hydrogens is 945 g/mol. The van der Waals surface area contributed by atoms with Crippen LogP contribution in [0.1, 0.15) is 61.7 Å². The number of amides is 3. The first kappa shape index (κ1) is 48.1. The van der Waals surface area contributed by atoms with Crippen LogP contribution in [0.4, 0.5) is 13.2 Å². The number of rotatable bonds is 19. The van der Waals surface area contributed by atoms with Gasteiger partial charge in [-0.25, -0.2) is 9.50 Å². The van der Waals surface area contributed by atoms with Gasteiger partial charge in [-0.1, -0.05) is 65.8 Å². The Morgan fingerprint density at radius 2 is 1.57 bits per heavy atom. The van der Waals surface area contributed by atoms with Gasteiger partial charge in [0.05, 0.1) is 73.1 Å². The molecule has 16 nitrogen and oxygen atoms in total. The lowest BCUT2D eigenvalue weighted by molar-refractivity contribution is -0.274. The van der Waals surface area contributed by atoms with E-state index in [0.29, 0.717) is 38.6 Å². The number of fused-ring (bicyclic) bond motifs is 6. The maximum Gasteiger partial charge on any atom is 0.573 e. The lowest BCUT2D eigenvalue weighted by Gasteiger charge is -2.13. The summed E-state index contributed by atoms with van der Waals surface area (Å²) in [5, 5.41) is 24.5.